The SMILES string of the molecule is O=C(NCc1cccs1)c1cccnc1N1CCOCC1. The van der Waals surface area contributed by atoms with Gasteiger partial charge in [-0.15, -0.1) is 11.3 Å². The molecule has 3 rings (SSSR count). The Balaban J connectivity index is 1.73. The first kappa shape index (κ1) is 14.0. The van der Waals surface area contributed by atoms with Gasteiger partial charge >= 0.3 is 0 Å². The van der Waals surface area contributed by atoms with Crippen LogP contribution in [0.2, 0.25) is 0 Å². The molecule has 1 saturated heterocycles. The van der Waals surface area contributed by atoms with Gasteiger partial charge < -0.3 is 15.0 Å². The Bertz CT molecular complexity index is 595. The van der Waals surface area contributed by atoms with Crippen molar-refractivity contribution >= 4 is 23.1 Å². The first-order valence-electron chi connectivity index (χ1n) is 6.93. The van der Waals surface area contributed by atoms with E-state index in [0.29, 0.717) is 25.3 Å². The Morgan fingerprint density at radius 1 is 1.33 bits per heavy atom. The minimum absolute atomic E-state index is 0.0852. The van der Waals surface area contributed by atoms with Gasteiger partial charge in [-0.1, -0.05) is 6.07 Å². The summed E-state index contributed by atoms with van der Waals surface area (Å²) in [6.07, 6.45) is 1.72. The Labute approximate surface area is 127 Å². The van der Waals surface area contributed by atoms with E-state index >= 15 is 0 Å². The fourth-order valence-corrected chi connectivity index (χ4v) is 2.92. The summed E-state index contributed by atoms with van der Waals surface area (Å²) in [5.74, 6) is 0.655. The lowest BCUT2D eigenvalue weighted by Gasteiger charge is -2.29. The molecule has 1 aliphatic rings. The molecular formula is C15H17N3O2S. The lowest BCUT2D eigenvalue weighted by Crippen LogP contribution is -2.38. The summed E-state index contributed by atoms with van der Waals surface area (Å²) in [7, 11) is 0. The summed E-state index contributed by atoms with van der Waals surface area (Å²) < 4.78 is 5.35. The second-order valence-corrected chi connectivity index (χ2v) is 5.77. The summed E-state index contributed by atoms with van der Waals surface area (Å²) in [5.41, 5.74) is 0.621. The van der Waals surface area contributed by atoms with Crippen LogP contribution >= 0.6 is 11.3 Å². The van der Waals surface area contributed by atoms with Gasteiger partial charge in [0, 0.05) is 24.2 Å². The fourth-order valence-electron chi connectivity index (χ4n) is 2.28. The van der Waals surface area contributed by atoms with E-state index in [4.69, 9.17) is 4.74 Å². The summed E-state index contributed by atoms with van der Waals surface area (Å²) >= 11 is 1.64. The van der Waals surface area contributed by atoms with Crippen LogP contribution in [0, 0.1) is 0 Å². The van der Waals surface area contributed by atoms with Crippen LogP contribution in [0.4, 0.5) is 5.82 Å². The Kier molecular flexibility index (Phi) is 4.47. The summed E-state index contributed by atoms with van der Waals surface area (Å²) in [4.78, 5) is 20.0. The van der Waals surface area contributed by atoms with Crippen molar-refractivity contribution in [1.82, 2.24) is 10.3 Å². The maximum absolute atomic E-state index is 12.4. The average Bonchev–Trinajstić information content (AvgIpc) is 3.07. The van der Waals surface area contributed by atoms with Gasteiger partial charge in [0.2, 0.25) is 0 Å². The Hall–Kier alpha value is -1.92. The van der Waals surface area contributed by atoms with Crippen molar-refractivity contribution in [2.24, 2.45) is 0 Å². The number of ether oxygens (including phenoxy) is 1. The Morgan fingerprint density at radius 2 is 2.19 bits per heavy atom. The second kappa shape index (κ2) is 6.69. The maximum atomic E-state index is 12.4. The van der Waals surface area contributed by atoms with Crippen LogP contribution in [0.5, 0.6) is 0 Å². The molecule has 0 aromatic carbocycles. The number of nitrogens with zero attached hydrogens (tertiary/aromatic N) is 2. The predicted molar refractivity (Wildman–Crippen MR) is 82.8 cm³/mol. The molecular weight excluding hydrogens is 286 g/mol. The first-order valence-corrected chi connectivity index (χ1v) is 7.81. The third-order valence-corrected chi connectivity index (χ3v) is 4.22. The molecule has 0 atom stereocenters. The van der Waals surface area contributed by atoms with Crippen LogP contribution in [0.25, 0.3) is 0 Å². The lowest BCUT2D eigenvalue weighted by atomic mass is 10.2. The van der Waals surface area contributed by atoms with Gasteiger partial charge in [-0.3, -0.25) is 4.79 Å². The van der Waals surface area contributed by atoms with E-state index in [9.17, 15) is 4.79 Å². The quantitative estimate of drug-likeness (QED) is 0.937. The van der Waals surface area contributed by atoms with E-state index in [2.05, 4.69) is 15.2 Å². The van der Waals surface area contributed by atoms with E-state index in [1.807, 2.05) is 23.6 Å². The molecule has 2 aromatic heterocycles. The van der Waals surface area contributed by atoms with Gasteiger partial charge in [0.1, 0.15) is 5.82 Å². The molecule has 1 fully saturated rings. The molecule has 0 saturated carbocycles. The summed E-state index contributed by atoms with van der Waals surface area (Å²) in [6.45, 7) is 3.43. The molecule has 3 heterocycles. The van der Waals surface area contributed by atoms with Crippen LogP contribution in [-0.2, 0) is 11.3 Å². The van der Waals surface area contributed by atoms with Gasteiger partial charge in [-0.2, -0.15) is 0 Å². The topological polar surface area (TPSA) is 54.5 Å². The molecule has 0 aliphatic carbocycles. The van der Waals surface area contributed by atoms with Crippen molar-refractivity contribution in [3.8, 4) is 0 Å². The first-order chi connectivity index (χ1) is 10.3. The Morgan fingerprint density at radius 3 is 2.95 bits per heavy atom. The van der Waals surface area contributed by atoms with Gasteiger partial charge in [-0.05, 0) is 23.6 Å². The van der Waals surface area contributed by atoms with Gasteiger partial charge in [0.15, 0.2) is 0 Å². The number of hydrogen-bond acceptors (Lipinski definition) is 5. The zero-order valence-corrected chi connectivity index (χ0v) is 12.4. The standard InChI is InChI=1S/C15H17N3O2S/c19-15(17-11-12-3-2-10-21-12)13-4-1-5-16-14(13)18-6-8-20-9-7-18/h1-5,10H,6-9,11H2,(H,17,19). The normalized spacial score (nSPS) is 15.0. The van der Waals surface area contributed by atoms with Gasteiger partial charge in [0.05, 0.1) is 25.3 Å². The van der Waals surface area contributed by atoms with Crippen molar-refractivity contribution < 1.29 is 9.53 Å². The van der Waals surface area contributed by atoms with Crippen LogP contribution in [0.15, 0.2) is 35.8 Å². The molecule has 5 nitrogen and oxygen atoms in total. The molecule has 0 unspecified atom stereocenters. The highest BCUT2D eigenvalue weighted by atomic mass is 32.1. The zero-order valence-electron chi connectivity index (χ0n) is 11.6. The zero-order chi connectivity index (χ0) is 14.5. The van der Waals surface area contributed by atoms with Crippen molar-refractivity contribution in [1.29, 1.82) is 0 Å². The van der Waals surface area contributed by atoms with Crippen LogP contribution < -0.4 is 10.2 Å². The van der Waals surface area contributed by atoms with E-state index in [1.54, 1.807) is 23.6 Å². The predicted octanol–water partition coefficient (Wildman–Crippen LogP) is 1.91. The van der Waals surface area contributed by atoms with Gasteiger partial charge in [-0.25, -0.2) is 4.98 Å². The van der Waals surface area contributed by atoms with E-state index in [1.165, 1.54) is 0 Å². The highest BCUT2D eigenvalue weighted by molar-refractivity contribution is 7.09. The molecule has 1 aliphatic heterocycles. The van der Waals surface area contributed by atoms with Crippen LogP contribution in [-0.4, -0.2) is 37.2 Å². The van der Waals surface area contributed by atoms with Crippen molar-refractivity contribution in [3.05, 3.63) is 46.3 Å². The highest BCUT2D eigenvalue weighted by Crippen LogP contribution is 2.18. The maximum Gasteiger partial charge on any atom is 0.255 e. The third kappa shape index (κ3) is 3.40. The minimum Gasteiger partial charge on any atom is -0.378 e. The molecule has 6 heteroatoms. The number of carbonyl (C=O) groups excluding carboxylic acids is 1. The smallest absolute Gasteiger partial charge is 0.255 e. The number of carbonyl (C=O) groups is 1. The number of nitrogens with one attached hydrogen (secondary N) is 1. The number of aromatic nitrogens is 1. The number of morpholine rings is 1. The monoisotopic (exact) mass is 303 g/mol. The molecule has 110 valence electrons. The van der Waals surface area contributed by atoms with Crippen molar-refractivity contribution in [2.45, 2.75) is 6.54 Å². The van der Waals surface area contributed by atoms with E-state index in [0.717, 1.165) is 23.8 Å². The van der Waals surface area contributed by atoms with Crippen LogP contribution in [0.3, 0.4) is 0 Å². The number of anilines is 1. The minimum atomic E-state index is -0.0852. The number of amides is 1. The molecule has 1 N–H and O–H groups in total. The summed E-state index contributed by atoms with van der Waals surface area (Å²) in [6, 6.07) is 7.61. The second-order valence-electron chi connectivity index (χ2n) is 4.74. The number of rotatable bonds is 4. The van der Waals surface area contributed by atoms with E-state index < -0.39 is 0 Å². The average molecular weight is 303 g/mol. The molecule has 0 radical (unpaired) electrons. The molecule has 0 spiro atoms. The molecule has 1 amide bonds. The third-order valence-electron chi connectivity index (χ3n) is 3.35. The van der Waals surface area contributed by atoms with Crippen molar-refractivity contribution in [2.75, 3.05) is 31.2 Å². The largest absolute Gasteiger partial charge is 0.378 e. The fraction of sp³-hybridized carbons (Fsp3) is 0.333. The molecule has 2 aromatic rings. The van der Waals surface area contributed by atoms with E-state index in [-0.39, 0.29) is 5.91 Å². The number of thiophene rings is 1. The van der Waals surface area contributed by atoms with Crippen LogP contribution in [0.1, 0.15) is 15.2 Å². The summed E-state index contributed by atoms with van der Waals surface area (Å²) in [5, 5.41) is 4.96. The van der Waals surface area contributed by atoms with Gasteiger partial charge in [0.25, 0.3) is 5.91 Å². The lowest BCUT2D eigenvalue weighted by molar-refractivity contribution is 0.0949. The molecule has 21 heavy (non-hydrogen) atoms. The van der Waals surface area contributed by atoms with Crippen molar-refractivity contribution in [3.63, 3.8) is 0 Å². The number of pyridine rings is 1. The highest BCUT2D eigenvalue weighted by Gasteiger charge is 2.19. The molecule has 0 bridgehead atoms. The number of hydrogen-bond donors (Lipinski definition) is 1.